The molecule has 1 aliphatic heterocycles. The summed E-state index contributed by atoms with van der Waals surface area (Å²) >= 11 is 0. The molecule has 1 aliphatic carbocycles. The third-order valence-electron chi connectivity index (χ3n) is 4.39. The van der Waals surface area contributed by atoms with Crippen molar-refractivity contribution in [3.05, 3.63) is 35.9 Å². The van der Waals surface area contributed by atoms with Crippen LogP contribution in [-0.4, -0.2) is 24.0 Å². The van der Waals surface area contributed by atoms with Gasteiger partial charge in [-0.15, -0.1) is 0 Å². The summed E-state index contributed by atoms with van der Waals surface area (Å²) in [6.07, 6.45) is 7.09. The van der Waals surface area contributed by atoms with E-state index >= 15 is 0 Å². The smallest absolute Gasteiger partial charge is 0.00952 e. The van der Waals surface area contributed by atoms with Crippen LogP contribution < -0.4 is 0 Å². The van der Waals surface area contributed by atoms with Crippen LogP contribution in [0.5, 0.6) is 0 Å². The van der Waals surface area contributed by atoms with Crippen LogP contribution in [0, 0.1) is 0 Å². The third-order valence-corrected chi connectivity index (χ3v) is 4.39. The van der Waals surface area contributed by atoms with Crippen LogP contribution in [0.2, 0.25) is 0 Å². The van der Waals surface area contributed by atoms with E-state index in [0.717, 1.165) is 12.0 Å². The SMILES string of the molecule is c1ccc(C2CCN(C3CCC3)CC2)cc1. The molecule has 0 amide bonds. The van der Waals surface area contributed by atoms with E-state index in [1.807, 2.05) is 0 Å². The van der Waals surface area contributed by atoms with E-state index in [4.69, 9.17) is 0 Å². The highest BCUT2D eigenvalue weighted by Crippen LogP contribution is 2.32. The van der Waals surface area contributed by atoms with Gasteiger partial charge in [-0.2, -0.15) is 0 Å². The van der Waals surface area contributed by atoms with E-state index < -0.39 is 0 Å². The lowest BCUT2D eigenvalue weighted by Gasteiger charge is -2.41. The number of hydrogen-bond acceptors (Lipinski definition) is 1. The van der Waals surface area contributed by atoms with Gasteiger partial charge in [0.2, 0.25) is 0 Å². The van der Waals surface area contributed by atoms with Gasteiger partial charge in [-0.05, 0) is 50.3 Å². The van der Waals surface area contributed by atoms with Gasteiger partial charge < -0.3 is 4.90 Å². The normalized spacial score (nSPS) is 24.2. The second-order valence-corrected chi connectivity index (χ2v) is 5.31. The first-order valence-corrected chi connectivity index (χ1v) is 6.72. The van der Waals surface area contributed by atoms with Gasteiger partial charge in [0.15, 0.2) is 0 Å². The molecule has 1 heterocycles. The zero-order valence-electron chi connectivity index (χ0n) is 9.94. The highest BCUT2D eigenvalue weighted by Gasteiger charge is 2.28. The minimum Gasteiger partial charge on any atom is -0.300 e. The Morgan fingerprint density at radius 1 is 0.875 bits per heavy atom. The number of hydrogen-bond donors (Lipinski definition) is 0. The standard InChI is InChI=1S/C15H21N/c1-2-5-13(6-3-1)14-9-11-16(12-10-14)15-7-4-8-15/h1-3,5-6,14-15H,4,7-12H2. The van der Waals surface area contributed by atoms with Gasteiger partial charge in [-0.3, -0.25) is 0 Å². The molecule has 0 unspecified atom stereocenters. The average Bonchev–Trinajstić information content (AvgIpc) is 2.29. The lowest BCUT2D eigenvalue weighted by molar-refractivity contribution is 0.0975. The Hall–Kier alpha value is -0.820. The molecule has 2 fully saturated rings. The van der Waals surface area contributed by atoms with Crippen molar-refractivity contribution in [1.82, 2.24) is 4.90 Å². The van der Waals surface area contributed by atoms with E-state index in [2.05, 4.69) is 35.2 Å². The van der Waals surface area contributed by atoms with Crippen LogP contribution in [0.3, 0.4) is 0 Å². The van der Waals surface area contributed by atoms with E-state index in [1.54, 1.807) is 5.56 Å². The molecule has 0 N–H and O–H groups in total. The maximum absolute atomic E-state index is 2.73. The van der Waals surface area contributed by atoms with E-state index in [9.17, 15) is 0 Å². The van der Waals surface area contributed by atoms with Crippen LogP contribution in [-0.2, 0) is 0 Å². The molecular formula is C15H21N. The lowest BCUT2D eigenvalue weighted by atomic mass is 9.85. The predicted octanol–water partition coefficient (Wildman–Crippen LogP) is 3.42. The largest absolute Gasteiger partial charge is 0.300 e. The van der Waals surface area contributed by atoms with Crippen molar-refractivity contribution in [2.45, 2.75) is 44.1 Å². The third kappa shape index (κ3) is 2.01. The number of likely N-dealkylation sites (tertiary alicyclic amines) is 1. The van der Waals surface area contributed by atoms with E-state index in [-0.39, 0.29) is 0 Å². The van der Waals surface area contributed by atoms with Gasteiger partial charge in [0.1, 0.15) is 0 Å². The fraction of sp³-hybridized carbons (Fsp3) is 0.600. The predicted molar refractivity (Wildman–Crippen MR) is 67.6 cm³/mol. The van der Waals surface area contributed by atoms with Gasteiger partial charge in [-0.1, -0.05) is 36.8 Å². The lowest BCUT2D eigenvalue weighted by Crippen LogP contribution is -2.44. The number of piperidine rings is 1. The van der Waals surface area contributed by atoms with Crippen LogP contribution in [0.25, 0.3) is 0 Å². The molecule has 86 valence electrons. The van der Waals surface area contributed by atoms with Gasteiger partial charge in [0.25, 0.3) is 0 Å². The highest BCUT2D eigenvalue weighted by molar-refractivity contribution is 5.20. The second-order valence-electron chi connectivity index (χ2n) is 5.31. The molecule has 2 aliphatic rings. The summed E-state index contributed by atoms with van der Waals surface area (Å²) in [5, 5.41) is 0. The maximum Gasteiger partial charge on any atom is 0.00952 e. The molecule has 1 nitrogen and oxygen atoms in total. The minimum absolute atomic E-state index is 0.817. The number of rotatable bonds is 2. The molecule has 1 saturated heterocycles. The number of benzene rings is 1. The Morgan fingerprint density at radius 3 is 2.12 bits per heavy atom. The highest BCUT2D eigenvalue weighted by atomic mass is 15.2. The molecule has 0 radical (unpaired) electrons. The first-order valence-electron chi connectivity index (χ1n) is 6.72. The zero-order valence-corrected chi connectivity index (χ0v) is 9.94. The molecule has 0 spiro atoms. The molecule has 1 heteroatoms. The van der Waals surface area contributed by atoms with Gasteiger partial charge in [-0.25, -0.2) is 0 Å². The van der Waals surface area contributed by atoms with Crippen LogP contribution >= 0.6 is 0 Å². The zero-order chi connectivity index (χ0) is 10.8. The van der Waals surface area contributed by atoms with Crippen LogP contribution in [0.4, 0.5) is 0 Å². The number of nitrogens with zero attached hydrogens (tertiary/aromatic N) is 1. The quantitative estimate of drug-likeness (QED) is 0.730. The molecule has 1 aromatic carbocycles. The summed E-state index contributed by atoms with van der Waals surface area (Å²) in [6.45, 7) is 2.65. The topological polar surface area (TPSA) is 3.24 Å². The van der Waals surface area contributed by atoms with Gasteiger partial charge in [0, 0.05) is 6.04 Å². The molecule has 3 rings (SSSR count). The van der Waals surface area contributed by atoms with Crippen molar-refractivity contribution < 1.29 is 0 Å². The summed E-state index contributed by atoms with van der Waals surface area (Å²) in [5.41, 5.74) is 1.55. The Balaban J connectivity index is 1.58. The van der Waals surface area contributed by atoms with Crippen molar-refractivity contribution in [3.8, 4) is 0 Å². The Kier molecular flexibility index (Phi) is 2.96. The average molecular weight is 215 g/mol. The first kappa shape index (κ1) is 10.3. The summed E-state index contributed by atoms with van der Waals surface area (Å²) in [4.78, 5) is 2.73. The molecule has 0 aromatic heterocycles. The Labute approximate surface area is 98.5 Å². The van der Waals surface area contributed by atoms with Gasteiger partial charge in [0.05, 0.1) is 0 Å². The van der Waals surface area contributed by atoms with Crippen molar-refractivity contribution in [2.75, 3.05) is 13.1 Å². The molecule has 0 bridgehead atoms. The maximum atomic E-state index is 2.73. The molecule has 1 aromatic rings. The van der Waals surface area contributed by atoms with Crippen molar-refractivity contribution in [2.24, 2.45) is 0 Å². The second kappa shape index (κ2) is 4.58. The van der Waals surface area contributed by atoms with Crippen LogP contribution in [0.1, 0.15) is 43.6 Å². The minimum atomic E-state index is 0.817. The first-order chi connectivity index (χ1) is 7.93. The van der Waals surface area contributed by atoms with Crippen molar-refractivity contribution in [1.29, 1.82) is 0 Å². The van der Waals surface area contributed by atoms with E-state index in [0.29, 0.717) is 0 Å². The molecular weight excluding hydrogens is 194 g/mol. The van der Waals surface area contributed by atoms with Crippen molar-refractivity contribution in [3.63, 3.8) is 0 Å². The Morgan fingerprint density at radius 2 is 1.56 bits per heavy atom. The molecule has 0 atom stereocenters. The monoisotopic (exact) mass is 215 g/mol. The molecule has 16 heavy (non-hydrogen) atoms. The summed E-state index contributed by atoms with van der Waals surface area (Å²) in [7, 11) is 0. The van der Waals surface area contributed by atoms with E-state index in [1.165, 1.54) is 45.2 Å². The summed E-state index contributed by atoms with van der Waals surface area (Å²) < 4.78 is 0. The van der Waals surface area contributed by atoms with Gasteiger partial charge >= 0.3 is 0 Å². The molecule has 1 saturated carbocycles. The van der Waals surface area contributed by atoms with Crippen molar-refractivity contribution >= 4 is 0 Å². The fourth-order valence-corrected chi connectivity index (χ4v) is 3.07. The summed E-state index contributed by atoms with van der Waals surface area (Å²) in [5.74, 6) is 0.817. The summed E-state index contributed by atoms with van der Waals surface area (Å²) in [6, 6.07) is 12.0. The Bertz CT molecular complexity index is 321. The fourth-order valence-electron chi connectivity index (χ4n) is 3.07. The van der Waals surface area contributed by atoms with Crippen LogP contribution in [0.15, 0.2) is 30.3 Å².